The summed E-state index contributed by atoms with van der Waals surface area (Å²) in [6, 6.07) is 4.96. The fourth-order valence-electron chi connectivity index (χ4n) is 6.43. The number of amides is 1. The van der Waals surface area contributed by atoms with Gasteiger partial charge in [-0.05, 0) is 50.4 Å². The van der Waals surface area contributed by atoms with Crippen LogP contribution in [0.2, 0.25) is 0 Å². The zero-order valence-corrected chi connectivity index (χ0v) is 19.9. The maximum atomic E-state index is 13.5. The molecular formula is C27H33N5O. The van der Waals surface area contributed by atoms with Crippen LogP contribution in [-0.2, 0) is 6.42 Å². The normalized spacial score (nSPS) is 25.8. The van der Waals surface area contributed by atoms with E-state index in [1.807, 2.05) is 6.20 Å². The maximum Gasteiger partial charge on any atom is 0.256 e. The van der Waals surface area contributed by atoms with E-state index < -0.39 is 0 Å². The van der Waals surface area contributed by atoms with E-state index in [-0.39, 0.29) is 7.33 Å². The lowest BCUT2D eigenvalue weighted by Crippen LogP contribution is -2.54. The first-order chi connectivity index (χ1) is 15.9. The molecule has 33 heavy (non-hydrogen) atoms. The van der Waals surface area contributed by atoms with Crippen molar-refractivity contribution in [3.63, 3.8) is 0 Å². The summed E-state index contributed by atoms with van der Waals surface area (Å²) in [6.45, 7) is 8.51. The number of carbonyl (C=O) groups is 1. The zero-order chi connectivity index (χ0) is 22.9. The standard InChI is InChI=1S/C27H31N5O.H2/c1-15(2)25-16(3)30-26-23(25)9-17(11-29-26)21-7-8-24-22(21)10-18(12-28-24)27(33)32-19-5-6-20(32)14-31(4)13-19;/h7,9-12,15,19-20,25H,5-6,8,13-14H2,1-4H3;1H. The van der Waals surface area contributed by atoms with Crippen LogP contribution in [0.1, 0.15) is 73.7 Å². The molecule has 3 aliphatic heterocycles. The Labute approximate surface area is 196 Å². The third kappa shape index (κ3) is 3.26. The molecule has 3 atom stereocenters. The third-order valence-electron chi connectivity index (χ3n) is 7.85. The van der Waals surface area contributed by atoms with Gasteiger partial charge in [0, 0.05) is 73.7 Å². The van der Waals surface area contributed by atoms with E-state index >= 15 is 0 Å². The van der Waals surface area contributed by atoms with E-state index in [1.165, 1.54) is 5.56 Å². The van der Waals surface area contributed by atoms with E-state index in [0.29, 0.717) is 29.5 Å². The van der Waals surface area contributed by atoms with Gasteiger partial charge in [-0.15, -0.1) is 0 Å². The number of rotatable bonds is 3. The Morgan fingerprint density at radius 2 is 1.88 bits per heavy atom. The second kappa shape index (κ2) is 7.59. The molecule has 2 aromatic rings. The summed E-state index contributed by atoms with van der Waals surface area (Å²) < 4.78 is 0. The topological polar surface area (TPSA) is 61.7 Å². The van der Waals surface area contributed by atoms with Gasteiger partial charge in [-0.3, -0.25) is 9.78 Å². The number of allylic oxidation sites excluding steroid dienone is 1. The second-order valence-electron chi connectivity index (χ2n) is 10.5. The van der Waals surface area contributed by atoms with Crippen molar-refractivity contribution in [3.05, 3.63) is 58.6 Å². The van der Waals surface area contributed by atoms with Gasteiger partial charge in [-0.2, -0.15) is 0 Å². The molecule has 2 aromatic heterocycles. The molecule has 4 aliphatic rings. The third-order valence-corrected chi connectivity index (χ3v) is 7.85. The molecule has 0 spiro atoms. The van der Waals surface area contributed by atoms with Gasteiger partial charge in [-0.1, -0.05) is 19.9 Å². The Morgan fingerprint density at radius 3 is 2.61 bits per heavy atom. The lowest BCUT2D eigenvalue weighted by molar-refractivity contribution is 0.0472. The van der Waals surface area contributed by atoms with Gasteiger partial charge in [0.15, 0.2) is 5.82 Å². The van der Waals surface area contributed by atoms with Gasteiger partial charge in [0.1, 0.15) is 0 Å². The monoisotopic (exact) mass is 443 g/mol. The van der Waals surface area contributed by atoms with Gasteiger partial charge in [0.05, 0.1) is 11.3 Å². The highest BCUT2D eigenvalue weighted by Crippen LogP contribution is 2.41. The summed E-state index contributed by atoms with van der Waals surface area (Å²) in [5, 5.41) is 0. The number of likely N-dealkylation sites (tertiary alicyclic amines) is 1. The highest BCUT2D eigenvalue weighted by Gasteiger charge is 2.42. The van der Waals surface area contributed by atoms with Crippen molar-refractivity contribution < 1.29 is 6.22 Å². The molecule has 2 fully saturated rings. The number of carbonyl (C=O) groups excluding carboxylic acids is 1. The van der Waals surface area contributed by atoms with Gasteiger partial charge in [0.2, 0.25) is 0 Å². The molecule has 0 saturated carbocycles. The van der Waals surface area contributed by atoms with Crippen molar-refractivity contribution in [2.24, 2.45) is 10.9 Å². The van der Waals surface area contributed by atoms with Crippen LogP contribution in [0.4, 0.5) is 5.82 Å². The molecule has 1 aliphatic carbocycles. The van der Waals surface area contributed by atoms with Crippen LogP contribution in [0.15, 0.2) is 35.6 Å². The van der Waals surface area contributed by atoms with Crippen LogP contribution in [-0.4, -0.2) is 63.6 Å². The molecule has 6 nitrogen and oxygen atoms in total. The van der Waals surface area contributed by atoms with Crippen LogP contribution < -0.4 is 0 Å². The van der Waals surface area contributed by atoms with Crippen molar-refractivity contribution in [3.8, 4) is 0 Å². The number of aromatic nitrogens is 2. The minimum atomic E-state index is 0. The number of likely N-dealkylation sites (N-methyl/N-ethyl adjacent to an activating group) is 1. The number of nitrogens with zero attached hydrogens (tertiary/aromatic N) is 5. The summed E-state index contributed by atoms with van der Waals surface area (Å²) in [4.78, 5) is 32.1. The zero-order valence-electron chi connectivity index (χ0n) is 19.9. The predicted octanol–water partition coefficient (Wildman–Crippen LogP) is 4.47. The number of piperazine rings is 1. The predicted molar refractivity (Wildman–Crippen MR) is 132 cm³/mol. The maximum absolute atomic E-state index is 13.5. The molecule has 0 radical (unpaired) electrons. The highest BCUT2D eigenvalue weighted by molar-refractivity contribution is 5.98. The Morgan fingerprint density at radius 1 is 1.12 bits per heavy atom. The summed E-state index contributed by atoms with van der Waals surface area (Å²) >= 11 is 0. The van der Waals surface area contributed by atoms with Crippen LogP contribution in [0.5, 0.6) is 0 Å². The number of aliphatic imine (C=N–C) groups is 1. The summed E-state index contributed by atoms with van der Waals surface area (Å²) in [6.07, 6.45) is 8.92. The average molecular weight is 444 g/mol. The lowest BCUT2D eigenvalue weighted by Gasteiger charge is -2.39. The molecule has 5 heterocycles. The van der Waals surface area contributed by atoms with Crippen molar-refractivity contribution in [2.75, 3.05) is 20.1 Å². The van der Waals surface area contributed by atoms with E-state index in [4.69, 9.17) is 15.0 Å². The van der Waals surface area contributed by atoms with E-state index in [2.05, 4.69) is 55.8 Å². The first-order valence-corrected chi connectivity index (χ1v) is 12.2. The molecule has 0 N–H and O–H groups in total. The smallest absolute Gasteiger partial charge is 0.256 e. The SMILES string of the molecule is CC1=Nc2ncc(C3=CCc4ncc(C(=O)N5C6CCC5CN(C)C6)cc43)cc2C1C(C)C.[HH]. The van der Waals surface area contributed by atoms with E-state index in [9.17, 15) is 4.79 Å². The van der Waals surface area contributed by atoms with Gasteiger partial charge in [-0.25, -0.2) is 9.98 Å². The number of hydrogen-bond acceptors (Lipinski definition) is 5. The van der Waals surface area contributed by atoms with Crippen molar-refractivity contribution >= 4 is 23.0 Å². The van der Waals surface area contributed by atoms with Crippen LogP contribution in [0, 0.1) is 5.92 Å². The molecule has 3 unspecified atom stereocenters. The van der Waals surface area contributed by atoms with Gasteiger partial charge < -0.3 is 9.80 Å². The summed E-state index contributed by atoms with van der Waals surface area (Å²) in [5.41, 5.74) is 7.39. The Balaban J connectivity index is 0.00000241. The van der Waals surface area contributed by atoms with Crippen molar-refractivity contribution in [1.82, 2.24) is 19.8 Å². The van der Waals surface area contributed by atoms with Crippen LogP contribution >= 0.6 is 0 Å². The van der Waals surface area contributed by atoms with Crippen molar-refractivity contribution in [2.45, 2.75) is 58.0 Å². The minimum absolute atomic E-state index is 0. The Hall–Kier alpha value is -2.86. The van der Waals surface area contributed by atoms with Gasteiger partial charge in [0.25, 0.3) is 5.91 Å². The summed E-state index contributed by atoms with van der Waals surface area (Å²) in [5.74, 6) is 1.77. The molecule has 172 valence electrons. The first-order valence-electron chi connectivity index (χ1n) is 12.2. The fraction of sp³-hybridized carbons (Fsp3) is 0.481. The number of fused-ring (bicyclic) bond motifs is 4. The van der Waals surface area contributed by atoms with Crippen LogP contribution in [0.3, 0.4) is 0 Å². The van der Waals surface area contributed by atoms with E-state index in [1.54, 1.807) is 6.20 Å². The van der Waals surface area contributed by atoms with Crippen LogP contribution in [0.25, 0.3) is 5.57 Å². The lowest BCUT2D eigenvalue weighted by atomic mass is 9.86. The van der Waals surface area contributed by atoms with Crippen molar-refractivity contribution in [1.29, 1.82) is 0 Å². The second-order valence-corrected chi connectivity index (χ2v) is 10.5. The van der Waals surface area contributed by atoms with E-state index in [0.717, 1.165) is 66.3 Å². The molecule has 0 aromatic carbocycles. The molecule has 6 rings (SSSR count). The molecular weight excluding hydrogens is 410 g/mol. The largest absolute Gasteiger partial charge is 0.330 e. The Kier molecular flexibility index (Phi) is 4.77. The molecule has 2 saturated heterocycles. The van der Waals surface area contributed by atoms with Gasteiger partial charge >= 0.3 is 0 Å². The average Bonchev–Trinajstić information content (AvgIpc) is 3.43. The molecule has 1 amide bonds. The number of pyridine rings is 2. The summed E-state index contributed by atoms with van der Waals surface area (Å²) in [7, 11) is 2.15. The fourth-order valence-corrected chi connectivity index (χ4v) is 6.43. The minimum Gasteiger partial charge on any atom is -0.330 e. The Bertz CT molecular complexity index is 1210. The quantitative estimate of drug-likeness (QED) is 0.702. The molecule has 6 heteroatoms. The molecule has 2 bridgehead atoms. The highest BCUT2D eigenvalue weighted by atomic mass is 16.2. The first kappa shape index (κ1) is 20.7. The number of hydrogen-bond donors (Lipinski definition) is 0.